The monoisotopic (exact) mass is 290 g/mol. The third-order valence-electron chi connectivity index (χ3n) is 4.35. The lowest BCUT2D eigenvalue weighted by Gasteiger charge is -2.35. The van der Waals surface area contributed by atoms with E-state index in [4.69, 9.17) is 15.2 Å². The molecule has 114 valence electrons. The van der Waals surface area contributed by atoms with Crippen molar-refractivity contribution in [2.75, 3.05) is 13.2 Å². The largest absolute Gasteiger partial charge is 0.349 e. The van der Waals surface area contributed by atoms with Crippen LogP contribution in [0, 0.1) is 0 Å². The van der Waals surface area contributed by atoms with Crippen molar-refractivity contribution >= 4 is 5.91 Å². The molecule has 0 aromatic heterocycles. The maximum absolute atomic E-state index is 12.2. The Balaban J connectivity index is 1.53. The van der Waals surface area contributed by atoms with E-state index in [0.29, 0.717) is 25.3 Å². The predicted octanol–water partition coefficient (Wildman–Crippen LogP) is 1.56. The fourth-order valence-corrected chi connectivity index (χ4v) is 3.05. The van der Waals surface area contributed by atoms with Gasteiger partial charge in [0.15, 0.2) is 5.79 Å². The number of nitrogens with two attached hydrogens (primary N) is 1. The van der Waals surface area contributed by atoms with Crippen LogP contribution in [0.5, 0.6) is 0 Å². The Morgan fingerprint density at radius 1 is 1.19 bits per heavy atom. The number of carbonyl (C=O) groups is 1. The molecule has 0 radical (unpaired) electrons. The Bertz CT molecular complexity index is 485. The molecule has 0 atom stereocenters. The van der Waals surface area contributed by atoms with E-state index in [0.717, 1.165) is 31.2 Å². The highest BCUT2D eigenvalue weighted by atomic mass is 16.7. The zero-order valence-electron chi connectivity index (χ0n) is 12.1. The molecule has 1 saturated heterocycles. The second-order valence-corrected chi connectivity index (χ2v) is 5.76. The van der Waals surface area contributed by atoms with Gasteiger partial charge in [-0.1, -0.05) is 12.1 Å². The molecule has 0 bridgehead atoms. The molecule has 1 saturated carbocycles. The first-order valence-electron chi connectivity index (χ1n) is 7.59. The van der Waals surface area contributed by atoms with Crippen LogP contribution >= 0.6 is 0 Å². The van der Waals surface area contributed by atoms with E-state index in [9.17, 15) is 4.79 Å². The molecule has 1 aliphatic heterocycles. The van der Waals surface area contributed by atoms with E-state index in [2.05, 4.69) is 5.32 Å². The summed E-state index contributed by atoms with van der Waals surface area (Å²) in [7, 11) is 0. The standard InChI is InChI=1S/C16H22N2O3/c17-11-12-1-3-13(4-2-12)15(19)18-14-5-7-16(8-6-14)20-9-10-21-16/h1-4,14H,5-11,17H2,(H,18,19). The highest BCUT2D eigenvalue weighted by Gasteiger charge is 2.40. The third kappa shape index (κ3) is 3.26. The van der Waals surface area contributed by atoms with Gasteiger partial charge in [-0.25, -0.2) is 0 Å². The van der Waals surface area contributed by atoms with Crippen LogP contribution in [-0.4, -0.2) is 30.9 Å². The van der Waals surface area contributed by atoms with Crippen molar-refractivity contribution in [2.24, 2.45) is 5.73 Å². The molecule has 3 N–H and O–H groups in total. The van der Waals surface area contributed by atoms with Crippen LogP contribution in [0.3, 0.4) is 0 Å². The summed E-state index contributed by atoms with van der Waals surface area (Å²) in [6.07, 6.45) is 3.49. The van der Waals surface area contributed by atoms with Crippen molar-refractivity contribution in [1.29, 1.82) is 0 Å². The van der Waals surface area contributed by atoms with Gasteiger partial charge in [-0.3, -0.25) is 4.79 Å². The van der Waals surface area contributed by atoms with Gasteiger partial charge in [0.1, 0.15) is 0 Å². The lowest BCUT2D eigenvalue weighted by Crippen LogP contribution is -2.44. The molecule has 1 spiro atoms. The Morgan fingerprint density at radius 3 is 2.38 bits per heavy atom. The Kier molecular flexibility index (Phi) is 4.24. The zero-order valence-corrected chi connectivity index (χ0v) is 12.1. The molecular formula is C16H22N2O3. The summed E-state index contributed by atoms with van der Waals surface area (Å²) in [6.45, 7) is 1.86. The van der Waals surface area contributed by atoms with Crippen LogP contribution in [0.2, 0.25) is 0 Å². The number of nitrogens with one attached hydrogen (secondary N) is 1. The van der Waals surface area contributed by atoms with Gasteiger partial charge in [-0.05, 0) is 30.5 Å². The van der Waals surface area contributed by atoms with Crippen LogP contribution in [0.1, 0.15) is 41.6 Å². The number of benzene rings is 1. The van der Waals surface area contributed by atoms with Gasteiger partial charge >= 0.3 is 0 Å². The molecule has 2 fully saturated rings. The number of carbonyl (C=O) groups excluding carboxylic acids is 1. The topological polar surface area (TPSA) is 73.6 Å². The summed E-state index contributed by atoms with van der Waals surface area (Å²) in [5, 5.41) is 3.10. The predicted molar refractivity (Wildman–Crippen MR) is 78.7 cm³/mol. The first kappa shape index (κ1) is 14.5. The number of amides is 1. The normalized spacial score (nSPS) is 21.6. The molecule has 1 aromatic carbocycles. The molecule has 1 amide bonds. The maximum Gasteiger partial charge on any atom is 0.251 e. The van der Waals surface area contributed by atoms with E-state index in [1.165, 1.54) is 0 Å². The highest BCUT2D eigenvalue weighted by molar-refractivity contribution is 5.94. The number of hydrogen-bond donors (Lipinski definition) is 2. The molecule has 0 unspecified atom stereocenters. The quantitative estimate of drug-likeness (QED) is 0.886. The van der Waals surface area contributed by atoms with E-state index < -0.39 is 0 Å². The summed E-state index contributed by atoms with van der Waals surface area (Å²) >= 11 is 0. The smallest absolute Gasteiger partial charge is 0.251 e. The summed E-state index contributed by atoms with van der Waals surface area (Å²) in [6, 6.07) is 7.64. The Labute approximate surface area is 124 Å². The minimum absolute atomic E-state index is 0.0206. The second kappa shape index (κ2) is 6.13. The van der Waals surface area contributed by atoms with Crippen molar-refractivity contribution < 1.29 is 14.3 Å². The van der Waals surface area contributed by atoms with Crippen molar-refractivity contribution in [3.05, 3.63) is 35.4 Å². The molecule has 2 aliphatic rings. The molecule has 1 aromatic rings. The summed E-state index contributed by atoms with van der Waals surface area (Å²) in [5.41, 5.74) is 7.27. The highest BCUT2D eigenvalue weighted by Crippen LogP contribution is 2.35. The Hall–Kier alpha value is -1.43. The lowest BCUT2D eigenvalue weighted by molar-refractivity contribution is -0.179. The van der Waals surface area contributed by atoms with Gasteiger partial charge in [0.05, 0.1) is 13.2 Å². The van der Waals surface area contributed by atoms with Gasteiger partial charge in [-0.2, -0.15) is 0 Å². The first-order valence-corrected chi connectivity index (χ1v) is 7.59. The van der Waals surface area contributed by atoms with Crippen molar-refractivity contribution in [1.82, 2.24) is 5.32 Å². The third-order valence-corrected chi connectivity index (χ3v) is 4.35. The second-order valence-electron chi connectivity index (χ2n) is 5.76. The zero-order chi connectivity index (χ0) is 14.7. The molecule has 21 heavy (non-hydrogen) atoms. The van der Waals surface area contributed by atoms with Gasteiger partial charge in [0.2, 0.25) is 0 Å². The van der Waals surface area contributed by atoms with Gasteiger partial charge in [-0.15, -0.1) is 0 Å². The molecular weight excluding hydrogens is 268 g/mol. The average molecular weight is 290 g/mol. The summed E-state index contributed by atoms with van der Waals surface area (Å²) in [4.78, 5) is 12.2. The van der Waals surface area contributed by atoms with Crippen molar-refractivity contribution in [3.8, 4) is 0 Å². The van der Waals surface area contributed by atoms with E-state index in [1.807, 2.05) is 24.3 Å². The van der Waals surface area contributed by atoms with Crippen LogP contribution in [0.25, 0.3) is 0 Å². The van der Waals surface area contributed by atoms with Crippen LogP contribution < -0.4 is 11.1 Å². The number of ether oxygens (including phenoxy) is 2. The van der Waals surface area contributed by atoms with Crippen molar-refractivity contribution in [3.63, 3.8) is 0 Å². The van der Waals surface area contributed by atoms with E-state index in [-0.39, 0.29) is 17.7 Å². The number of hydrogen-bond acceptors (Lipinski definition) is 4. The summed E-state index contributed by atoms with van der Waals surface area (Å²) < 4.78 is 11.4. The van der Waals surface area contributed by atoms with Gasteiger partial charge < -0.3 is 20.5 Å². The SMILES string of the molecule is NCc1ccc(C(=O)NC2CCC3(CC2)OCCO3)cc1. The minimum Gasteiger partial charge on any atom is -0.349 e. The Morgan fingerprint density at radius 2 is 1.81 bits per heavy atom. The fraction of sp³-hybridized carbons (Fsp3) is 0.562. The molecule has 5 nitrogen and oxygen atoms in total. The van der Waals surface area contributed by atoms with E-state index >= 15 is 0 Å². The van der Waals surface area contributed by atoms with Gasteiger partial charge in [0.25, 0.3) is 5.91 Å². The van der Waals surface area contributed by atoms with Gasteiger partial charge in [0, 0.05) is 31.0 Å². The number of rotatable bonds is 3. The minimum atomic E-state index is -0.371. The lowest BCUT2D eigenvalue weighted by atomic mass is 9.90. The first-order chi connectivity index (χ1) is 10.2. The van der Waals surface area contributed by atoms with Crippen LogP contribution in [0.4, 0.5) is 0 Å². The van der Waals surface area contributed by atoms with Crippen molar-refractivity contribution in [2.45, 2.75) is 44.1 Å². The van der Waals surface area contributed by atoms with Crippen LogP contribution in [0.15, 0.2) is 24.3 Å². The molecule has 1 heterocycles. The fourth-order valence-electron chi connectivity index (χ4n) is 3.05. The molecule has 1 aliphatic carbocycles. The molecule has 5 heteroatoms. The summed E-state index contributed by atoms with van der Waals surface area (Å²) in [5.74, 6) is -0.392. The maximum atomic E-state index is 12.2. The average Bonchev–Trinajstić information content (AvgIpc) is 2.98. The molecule has 3 rings (SSSR count). The van der Waals surface area contributed by atoms with E-state index in [1.54, 1.807) is 0 Å². The van der Waals surface area contributed by atoms with Crippen LogP contribution in [-0.2, 0) is 16.0 Å².